The number of nitrogens with zero attached hydrogens (tertiary/aromatic N) is 1. The van der Waals surface area contributed by atoms with Gasteiger partial charge in [-0.3, -0.25) is 4.79 Å². The van der Waals surface area contributed by atoms with Crippen LogP contribution >= 0.6 is 0 Å². The smallest absolute Gasteiger partial charge is 0.306 e. The van der Waals surface area contributed by atoms with Crippen LogP contribution in [-0.2, 0) is 4.79 Å². The summed E-state index contributed by atoms with van der Waals surface area (Å²) >= 11 is 0. The molecule has 0 amide bonds. The minimum atomic E-state index is -1.19. The number of hydrogen-bond donors (Lipinski definition) is 1. The van der Waals surface area contributed by atoms with E-state index in [-0.39, 0.29) is 5.92 Å². The lowest BCUT2D eigenvalue weighted by Gasteiger charge is -2.47. The van der Waals surface area contributed by atoms with Crippen LogP contribution < -0.4 is 0 Å². The van der Waals surface area contributed by atoms with Crippen molar-refractivity contribution in [3.63, 3.8) is 0 Å². The molecule has 3 nitrogen and oxygen atoms in total. The summed E-state index contributed by atoms with van der Waals surface area (Å²) in [7, 11) is -2.39. The van der Waals surface area contributed by atoms with Gasteiger partial charge in [0.05, 0.1) is 5.92 Å². The summed E-state index contributed by atoms with van der Waals surface area (Å²) in [5.41, 5.74) is 0. The van der Waals surface area contributed by atoms with E-state index in [4.69, 9.17) is 5.11 Å². The van der Waals surface area contributed by atoms with Crippen LogP contribution in [0.4, 0.5) is 0 Å². The zero-order chi connectivity index (χ0) is 13.6. The van der Waals surface area contributed by atoms with Crippen LogP contribution in [0.15, 0.2) is 0 Å². The molecule has 2 aliphatic rings. The van der Waals surface area contributed by atoms with Crippen LogP contribution in [0.3, 0.4) is 0 Å². The standard InChI is InChI=1S/C13H27NO2Si2/c1-17(2)9-10-18(3,4)14(17)12-7-5-11(6-8-12)13(15)16/h11-12H,5-10H2,1-4H3,(H,15,16). The molecule has 0 aromatic heterocycles. The molecule has 1 saturated carbocycles. The quantitative estimate of drug-likeness (QED) is 0.791. The average Bonchev–Trinajstić information content (AvgIpc) is 2.48. The first-order valence-electron chi connectivity index (χ1n) is 7.26. The minimum Gasteiger partial charge on any atom is -0.481 e. The van der Waals surface area contributed by atoms with Gasteiger partial charge in [-0.1, -0.05) is 26.2 Å². The molecular weight excluding hydrogens is 258 g/mol. The largest absolute Gasteiger partial charge is 0.481 e. The number of aliphatic carboxylic acids is 1. The normalized spacial score (nSPS) is 35.6. The molecule has 0 aromatic rings. The van der Waals surface area contributed by atoms with E-state index in [1.165, 1.54) is 12.1 Å². The van der Waals surface area contributed by atoms with Crippen molar-refractivity contribution >= 4 is 22.4 Å². The molecule has 0 radical (unpaired) electrons. The van der Waals surface area contributed by atoms with Gasteiger partial charge in [0.15, 0.2) is 0 Å². The fourth-order valence-electron chi connectivity index (χ4n) is 4.24. The Balaban J connectivity index is 2.06. The van der Waals surface area contributed by atoms with Gasteiger partial charge in [-0.2, -0.15) is 0 Å². The SMILES string of the molecule is C[Si]1(C)CC[Si](C)(C)N1C1CCC(C(=O)O)CC1. The highest BCUT2D eigenvalue weighted by Gasteiger charge is 2.50. The molecule has 2 fully saturated rings. The highest BCUT2D eigenvalue weighted by Crippen LogP contribution is 2.42. The molecule has 18 heavy (non-hydrogen) atoms. The lowest BCUT2D eigenvalue weighted by Crippen LogP contribution is -2.60. The van der Waals surface area contributed by atoms with Crippen LogP contribution in [0.2, 0.25) is 38.3 Å². The first kappa shape index (κ1) is 14.3. The van der Waals surface area contributed by atoms with Gasteiger partial charge in [-0.25, -0.2) is 0 Å². The van der Waals surface area contributed by atoms with Crippen molar-refractivity contribution in [3.05, 3.63) is 0 Å². The topological polar surface area (TPSA) is 40.5 Å². The van der Waals surface area contributed by atoms with E-state index >= 15 is 0 Å². The average molecular weight is 286 g/mol. The van der Waals surface area contributed by atoms with Crippen LogP contribution in [0.1, 0.15) is 25.7 Å². The monoisotopic (exact) mass is 285 g/mol. The summed E-state index contributed by atoms with van der Waals surface area (Å²) in [5, 5.41) is 9.10. The van der Waals surface area contributed by atoms with Gasteiger partial charge in [0, 0.05) is 0 Å². The Kier molecular flexibility index (Phi) is 3.77. The van der Waals surface area contributed by atoms with Gasteiger partial charge < -0.3 is 9.34 Å². The molecule has 1 heterocycles. The van der Waals surface area contributed by atoms with E-state index in [1.54, 1.807) is 0 Å². The van der Waals surface area contributed by atoms with Gasteiger partial charge in [0.2, 0.25) is 0 Å². The maximum atomic E-state index is 11.0. The Hall–Kier alpha value is -0.136. The maximum Gasteiger partial charge on any atom is 0.306 e. The number of carboxylic acids is 1. The first-order chi connectivity index (χ1) is 8.24. The molecule has 0 unspecified atom stereocenters. The van der Waals surface area contributed by atoms with Crippen LogP contribution in [0.25, 0.3) is 0 Å². The fraction of sp³-hybridized carbons (Fsp3) is 0.923. The number of hydrogen-bond acceptors (Lipinski definition) is 2. The third-order valence-electron chi connectivity index (χ3n) is 5.06. The summed E-state index contributed by atoms with van der Waals surface area (Å²) in [6.07, 6.45) is 4.02. The summed E-state index contributed by atoms with van der Waals surface area (Å²) in [5.74, 6) is -0.652. The Bertz CT molecular complexity index is 320. The Morgan fingerprint density at radius 2 is 1.44 bits per heavy atom. The molecule has 2 rings (SSSR count). The van der Waals surface area contributed by atoms with E-state index in [2.05, 4.69) is 30.4 Å². The molecule has 1 aliphatic carbocycles. The molecule has 104 valence electrons. The van der Waals surface area contributed by atoms with Crippen molar-refractivity contribution < 1.29 is 9.90 Å². The van der Waals surface area contributed by atoms with Gasteiger partial charge in [0.1, 0.15) is 16.5 Å². The van der Waals surface area contributed by atoms with Gasteiger partial charge in [-0.05, 0) is 43.8 Å². The van der Waals surface area contributed by atoms with Gasteiger partial charge in [-0.15, -0.1) is 0 Å². The first-order valence-corrected chi connectivity index (χ1v) is 13.6. The second-order valence-corrected chi connectivity index (χ2v) is 17.0. The van der Waals surface area contributed by atoms with Crippen molar-refractivity contribution in [2.75, 3.05) is 0 Å². The molecule has 0 spiro atoms. The van der Waals surface area contributed by atoms with Gasteiger partial charge >= 0.3 is 5.97 Å². The lowest BCUT2D eigenvalue weighted by molar-refractivity contribution is -0.142. The van der Waals surface area contributed by atoms with E-state index in [0.717, 1.165) is 25.7 Å². The zero-order valence-corrected chi connectivity index (χ0v) is 14.2. The predicted molar refractivity (Wildman–Crippen MR) is 79.8 cm³/mol. The van der Waals surface area contributed by atoms with Crippen LogP contribution in [0.5, 0.6) is 0 Å². The minimum absolute atomic E-state index is 0.0709. The third-order valence-corrected chi connectivity index (χ3v) is 15.5. The Morgan fingerprint density at radius 3 is 1.83 bits per heavy atom. The van der Waals surface area contributed by atoms with Gasteiger partial charge in [0.25, 0.3) is 0 Å². The van der Waals surface area contributed by atoms with Crippen molar-refractivity contribution in [3.8, 4) is 0 Å². The molecule has 0 aromatic carbocycles. The molecule has 1 saturated heterocycles. The number of carboxylic acid groups (broad SMARTS) is 1. The van der Waals surface area contributed by atoms with Crippen molar-refractivity contribution in [1.82, 2.24) is 4.23 Å². The van der Waals surface area contributed by atoms with E-state index in [0.29, 0.717) is 6.04 Å². The van der Waals surface area contributed by atoms with Crippen LogP contribution in [-0.4, -0.2) is 37.8 Å². The number of carbonyl (C=O) groups is 1. The second kappa shape index (κ2) is 4.76. The van der Waals surface area contributed by atoms with E-state index < -0.39 is 22.4 Å². The van der Waals surface area contributed by atoms with E-state index in [9.17, 15) is 4.79 Å². The molecule has 5 heteroatoms. The fourth-order valence-corrected chi connectivity index (χ4v) is 19.3. The molecule has 1 N–H and O–H groups in total. The summed E-state index contributed by atoms with van der Waals surface area (Å²) < 4.78 is 2.96. The third kappa shape index (κ3) is 2.58. The van der Waals surface area contributed by atoms with Crippen molar-refractivity contribution in [2.45, 2.75) is 70.0 Å². The Labute approximate surface area is 113 Å². The summed E-state index contributed by atoms with van der Waals surface area (Å²) in [6, 6.07) is 3.60. The summed E-state index contributed by atoms with van der Waals surface area (Å²) in [6.45, 7) is 10.0. The predicted octanol–water partition coefficient (Wildman–Crippen LogP) is 3.36. The van der Waals surface area contributed by atoms with E-state index in [1.807, 2.05) is 0 Å². The van der Waals surface area contributed by atoms with Crippen LogP contribution in [0, 0.1) is 5.92 Å². The van der Waals surface area contributed by atoms with Crippen molar-refractivity contribution in [1.29, 1.82) is 0 Å². The number of rotatable bonds is 2. The molecule has 0 bridgehead atoms. The maximum absolute atomic E-state index is 11.0. The molecule has 0 atom stereocenters. The zero-order valence-electron chi connectivity index (χ0n) is 12.2. The highest BCUT2D eigenvalue weighted by molar-refractivity contribution is 6.95. The molecule has 1 aliphatic heterocycles. The highest BCUT2D eigenvalue weighted by atomic mass is 28.4. The lowest BCUT2D eigenvalue weighted by atomic mass is 9.86. The molecular formula is C13H27NO2Si2. The Morgan fingerprint density at radius 1 is 1.00 bits per heavy atom. The summed E-state index contributed by atoms with van der Waals surface area (Å²) in [4.78, 5) is 11.0. The second-order valence-electron chi connectivity index (χ2n) is 7.34. The van der Waals surface area contributed by atoms with Crippen molar-refractivity contribution in [2.24, 2.45) is 5.92 Å².